The molecule has 0 bridgehead atoms. The van der Waals surface area contributed by atoms with E-state index in [0.717, 1.165) is 10.8 Å². The Morgan fingerprint density at radius 2 is 1.89 bits per heavy atom. The summed E-state index contributed by atoms with van der Waals surface area (Å²) in [6.45, 7) is 1.20. The molecule has 4 heteroatoms. The number of carbonyl (C=O) groups excluding carboxylic acids is 1. The number of ether oxygens (including phenoxy) is 1. The summed E-state index contributed by atoms with van der Waals surface area (Å²) in [6, 6.07) is 10.9. The van der Waals surface area contributed by atoms with Crippen LogP contribution in [-0.2, 0) is 0 Å². The molecule has 0 aliphatic rings. The maximum atomic E-state index is 11.6. The van der Waals surface area contributed by atoms with Gasteiger partial charge in [-0.2, -0.15) is 0 Å². The van der Waals surface area contributed by atoms with E-state index in [9.17, 15) is 9.90 Å². The van der Waals surface area contributed by atoms with Gasteiger partial charge in [0.2, 0.25) is 0 Å². The molecule has 19 heavy (non-hydrogen) atoms. The lowest BCUT2D eigenvalue weighted by Crippen LogP contribution is -2.21. The third-order valence-corrected chi connectivity index (χ3v) is 2.91. The average Bonchev–Trinajstić information content (AvgIpc) is 2.43. The zero-order valence-corrected chi connectivity index (χ0v) is 10.7. The van der Waals surface area contributed by atoms with Gasteiger partial charge < -0.3 is 14.9 Å². The molecule has 0 aromatic heterocycles. The number of aliphatic hydroxyl groups is 2. The van der Waals surface area contributed by atoms with E-state index in [1.165, 1.54) is 6.92 Å². The highest BCUT2D eigenvalue weighted by atomic mass is 16.5. The minimum atomic E-state index is -0.911. The molecule has 2 aromatic carbocycles. The Morgan fingerprint density at radius 3 is 2.53 bits per heavy atom. The van der Waals surface area contributed by atoms with E-state index in [2.05, 4.69) is 0 Å². The van der Waals surface area contributed by atoms with Crippen LogP contribution in [0, 0.1) is 0 Å². The first-order valence-corrected chi connectivity index (χ1v) is 6.08. The van der Waals surface area contributed by atoms with Gasteiger partial charge in [0.25, 0.3) is 0 Å². The molecule has 100 valence electrons. The van der Waals surface area contributed by atoms with Crippen LogP contribution in [0.15, 0.2) is 36.4 Å². The molecule has 0 aliphatic heterocycles. The second kappa shape index (κ2) is 5.82. The first-order chi connectivity index (χ1) is 9.13. The van der Waals surface area contributed by atoms with Crippen molar-refractivity contribution in [2.45, 2.75) is 13.0 Å². The monoisotopic (exact) mass is 260 g/mol. The Labute approximate surface area is 111 Å². The maximum Gasteiger partial charge on any atom is 0.160 e. The summed E-state index contributed by atoms with van der Waals surface area (Å²) in [7, 11) is 0. The second-order valence-corrected chi connectivity index (χ2v) is 4.36. The first kappa shape index (κ1) is 13.5. The van der Waals surface area contributed by atoms with Crippen molar-refractivity contribution in [1.82, 2.24) is 0 Å². The molecule has 2 rings (SSSR count). The number of carbonyl (C=O) groups is 1. The molecule has 0 unspecified atom stereocenters. The lowest BCUT2D eigenvalue weighted by atomic mass is 10.0. The first-order valence-electron chi connectivity index (χ1n) is 6.08. The molecule has 0 saturated heterocycles. The molecular formula is C15H16O4. The van der Waals surface area contributed by atoms with Gasteiger partial charge in [-0.3, -0.25) is 4.79 Å². The zero-order chi connectivity index (χ0) is 13.8. The van der Waals surface area contributed by atoms with Crippen molar-refractivity contribution in [2.24, 2.45) is 0 Å². The SMILES string of the molecule is CC(=O)c1ccc(OC[C@H](O)CO)c2ccccc12. The van der Waals surface area contributed by atoms with Crippen molar-refractivity contribution in [3.05, 3.63) is 42.0 Å². The van der Waals surface area contributed by atoms with E-state index in [1.807, 2.05) is 24.3 Å². The van der Waals surface area contributed by atoms with Crippen molar-refractivity contribution in [3.8, 4) is 5.75 Å². The molecule has 2 aromatic rings. The van der Waals surface area contributed by atoms with Crippen molar-refractivity contribution >= 4 is 16.6 Å². The molecule has 0 radical (unpaired) electrons. The molecule has 0 spiro atoms. The smallest absolute Gasteiger partial charge is 0.160 e. The Hall–Kier alpha value is -1.91. The van der Waals surface area contributed by atoms with Crippen LogP contribution in [0.5, 0.6) is 5.75 Å². The van der Waals surface area contributed by atoms with Gasteiger partial charge in [0.05, 0.1) is 6.61 Å². The Bertz CT molecular complexity index is 592. The van der Waals surface area contributed by atoms with Gasteiger partial charge in [-0.25, -0.2) is 0 Å². The number of aliphatic hydroxyl groups excluding tert-OH is 2. The number of hydrogen-bond acceptors (Lipinski definition) is 4. The second-order valence-electron chi connectivity index (χ2n) is 4.36. The van der Waals surface area contributed by atoms with Crippen LogP contribution in [0.3, 0.4) is 0 Å². The van der Waals surface area contributed by atoms with Crippen molar-refractivity contribution in [2.75, 3.05) is 13.2 Å². The third-order valence-electron chi connectivity index (χ3n) is 2.91. The third kappa shape index (κ3) is 2.92. The molecule has 0 amide bonds. The summed E-state index contributed by atoms with van der Waals surface area (Å²) in [5.41, 5.74) is 0.644. The van der Waals surface area contributed by atoms with Crippen LogP contribution >= 0.6 is 0 Å². The van der Waals surface area contributed by atoms with Crippen LogP contribution in [0.1, 0.15) is 17.3 Å². The number of Topliss-reactive ketones (excluding diaryl/α,β-unsaturated/α-hetero) is 1. The maximum absolute atomic E-state index is 11.6. The number of fused-ring (bicyclic) bond motifs is 1. The van der Waals surface area contributed by atoms with Crippen LogP contribution in [0.2, 0.25) is 0 Å². The average molecular weight is 260 g/mol. The number of benzene rings is 2. The van der Waals surface area contributed by atoms with E-state index in [-0.39, 0.29) is 19.0 Å². The minimum absolute atomic E-state index is 0.00172. The molecule has 0 heterocycles. The number of ketones is 1. The van der Waals surface area contributed by atoms with Gasteiger partial charge in [-0.05, 0) is 24.4 Å². The summed E-state index contributed by atoms with van der Waals surface area (Å²) >= 11 is 0. The summed E-state index contributed by atoms with van der Waals surface area (Å²) in [6.07, 6.45) is -0.911. The normalized spacial score (nSPS) is 12.4. The minimum Gasteiger partial charge on any atom is -0.490 e. The fourth-order valence-electron chi connectivity index (χ4n) is 1.94. The summed E-state index contributed by atoms with van der Waals surface area (Å²) in [5, 5.41) is 19.7. The molecular weight excluding hydrogens is 244 g/mol. The van der Waals surface area contributed by atoms with E-state index in [0.29, 0.717) is 11.3 Å². The standard InChI is InChI=1S/C15H16O4/c1-10(17)12-6-7-15(19-9-11(18)8-16)14-5-3-2-4-13(12)14/h2-7,11,16,18H,8-9H2,1H3/t11-/m1/s1. The number of rotatable bonds is 5. The van der Waals surface area contributed by atoms with E-state index in [4.69, 9.17) is 9.84 Å². The highest BCUT2D eigenvalue weighted by Gasteiger charge is 2.10. The Kier molecular flexibility index (Phi) is 4.14. The lowest BCUT2D eigenvalue weighted by molar-refractivity contribution is 0.0541. The zero-order valence-electron chi connectivity index (χ0n) is 10.7. The van der Waals surface area contributed by atoms with E-state index in [1.54, 1.807) is 12.1 Å². The topological polar surface area (TPSA) is 66.8 Å². The fraction of sp³-hybridized carbons (Fsp3) is 0.267. The van der Waals surface area contributed by atoms with Crippen LogP contribution in [0.25, 0.3) is 10.8 Å². The summed E-state index contributed by atoms with van der Waals surface area (Å²) in [4.78, 5) is 11.6. The lowest BCUT2D eigenvalue weighted by Gasteiger charge is -2.13. The van der Waals surface area contributed by atoms with E-state index >= 15 is 0 Å². The van der Waals surface area contributed by atoms with Gasteiger partial charge >= 0.3 is 0 Å². The summed E-state index contributed by atoms with van der Waals surface area (Å²) in [5.74, 6) is 0.589. The van der Waals surface area contributed by atoms with Gasteiger partial charge in [0.15, 0.2) is 5.78 Å². The molecule has 1 atom stereocenters. The highest BCUT2D eigenvalue weighted by molar-refractivity contribution is 6.08. The van der Waals surface area contributed by atoms with Crippen molar-refractivity contribution in [3.63, 3.8) is 0 Å². The fourth-order valence-corrected chi connectivity index (χ4v) is 1.94. The number of hydrogen-bond donors (Lipinski definition) is 2. The van der Waals surface area contributed by atoms with E-state index < -0.39 is 6.10 Å². The Morgan fingerprint density at radius 1 is 1.21 bits per heavy atom. The van der Waals surface area contributed by atoms with Crippen molar-refractivity contribution in [1.29, 1.82) is 0 Å². The predicted molar refractivity (Wildman–Crippen MR) is 72.5 cm³/mol. The molecule has 0 aliphatic carbocycles. The van der Waals surface area contributed by atoms with Gasteiger partial charge in [-0.15, -0.1) is 0 Å². The van der Waals surface area contributed by atoms with Crippen molar-refractivity contribution < 1.29 is 19.7 Å². The van der Waals surface area contributed by atoms with Crippen LogP contribution in [-0.4, -0.2) is 35.3 Å². The highest BCUT2D eigenvalue weighted by Crippen LogP contribution is 2.28. The Balaban J connectivity index is 2.41. The molecule has 0 saturated carbocycles. The quantitative estimate of drug-likeness (QED) is 0.804. The molecule has 4 nitrogen and oxygen atoms in total. The van der Waals surface area contributed by atoms with Gasteiger partial charge in [-0.1, -0.05) is 24.3 Å². The summed E-state index contributed by atoms with van der Waals surface area (Å²) < 4.78 is 5.49. The molecule has 0 fully saturated rings. The van der Waals surface area contributed by atoms with Gasteiger partial charge in [0.1, 0.15) is 18.5 Å². The van der Waals surface area contributed by atoms with Crippen LogP contribution < -0.4 is 4.74 Å². The predicted octanol–water partition coefficient (Wildman–Crippen LogP) is 1.77. The van der Waals surface area contributed by atoms with Crippen LogP contribution in [0.4, 0.5) is 0 Å². The molecule has 2 N–H and O–H groups in total. The largest absolute Gasteiger partial charge is 0.490 e. The van der Waals surface area contributed by atoms with Gasteiger partial charge in [0, 0.05) is 10.9 Å².